The summed E-state index contributed by atoms with van der Waals surface area (Å²) in [4.78, 5) is 18.6. The Bertz CT molecular complexity index is 346. The maximum absolute atomic E-state index is 11.5. The van der Waals surface area contributed by atoms with Crippen molar-refractivity contribution < 1.29 is 0 Å². The highest BCUT2D eigenvalue weighted by Crippen LogP contribution is 2.05. The smallest absolute Gasteiger partial charge is 0.254 e. The van der Waals surface area contributed by atoms with E-state index in [4.69, 9.17) is 0 Å². The van der Waals surface area contributed by atoms with Gasteiger partial charge in [-0.25, -0.2) is 4.98 Å². The second-order valence-corrected chi connectivity index (χ2v) is 3.73. The third-order valence-corrected chi connectivity index (χ3v) is 2.47. The molecule has 0 unspecified atom stereocenters. The second-order valence-electron chi connectivity index (χ2n) is 2.86. The highest BCUT2D eigenvalue weighted by molar-refractivity contribution is 7.97. The zero-order valence-corrected chi connectivity index (χ0v) is 8.99. The molecule has 0 saturated carbocycles. The molecule has 0 fully saturated rings. The molecular weight excluding hydrogens is 184 g/mol. The summed E-state index contributed by atoms with van der Waals surface area (Å²) in [6.45, 7) is 3.85. The molecule has 1 aromatic rings. The number of nitrogens with one attached hydrogen (secondary N) is 1. The Kier molecular flexibility index (Phi) is 3.54. The summed E-state index contributed by atoms with van der Waals surface area (Å²) in [7, 11) is 0. The van der Waals surface area contributed by atoms with Crippen LogP contribution in [0.5, 0.6) is 0 Å². The van der Waals surface area contributed by atoms with E-state index in [0.29, 0.717) is 0 Å². The molecule has 0 aliphatic heterocycles. The molecule has 0 spiro atoms. The van der Waals surface area contributed by atoms with E-state index in [2.05, 4.69) is 9.97 Å². The van der Waals surface area contributed by atoms with E-state index in [1.807, 2.05) is 20.1 Å². The molecule has 1 rings (SSSR count). The minimum Gasteiger partial charge on any atom is -0.310 e. The first kappa shape index (κ1) is 10.3. The molecule has 3 nitrogen and oxygen atoms in total. The molecular formula is C9H14N2OS. The molecule has 0 saturated heterocycles. The van der Waals surface area contributed by atoms with Crippen molar-refractivity contribution in [2.45, 2.75) is 26.0 Å². The van der Waals surface area contributed by atoms with Crippen LogP contribution in [-0.2, 0) is 12.2 Å². The van der Waals surface area contributed by atoms with Gasteiger partial charge in [-0.15, -0.1) is 0 Å². The van der Waals surface area contributed by atoms with Crippen molar-refractivity contribution in [2.75, 3.05) is 6.26 Å². The number of nitrogens with zero attached hydrogens (tertiary/aromatic N) is 1. The van der Waals surface area contributed by atoms with Crippen LogP contribution in [0.1, 0.15) is 24.0 Å². The number of H-pyrrole nitrogens is 1. The Morgan fingerprint density at radius 1 is 1.54 bits per heavy atom. The van der Waals surface area contributed by atoms with Crippen LogP contribution in [0.3, 0.4) is 0 Å². The van der Waals surface area contributed by atoms with Crippen LogP contribution in [-0.4, -0.2) is 16.2 Å². The minimum absolute atomic E-state index is 0.0130. The van der Waals surface area contributed by atoms with Crippen LogP contribution in [0.2, 0.25) is 0 Å². The van der Waals surface area contributed by atoms with Crippen molar-refractivity contribution in [3.8, 4) is 0 Å². The SMILES string of the molecule is CCc1c(C)nc(CSC)[nH]c1=O. The fourth-order valence-corrected chi connectivity index (χ4v) is 1.70. The summed E-state index contributed by atoms with van der Waals surface area (Å²) in [6.07, 6.45) is 2.73. The van der Waals surface area contributed by atoms with Crippen LogP contribution in [0.4, 0.5) is 0 Å². The molecule has 0 aliphatic rings. The van der Waals surface area contributed by atoms with E-state index in [0.717, 1.165) is 29.3 Å². The van der Waals surface area contributed by atoms with Crippen molar-refractivity contribution >= 4 is 11.8 Å². The third-order valence-electron chi connectivity index (χ3n) is 1.91. The zero-order chi connectivity index (χ0) is 9.84. The Morgan fingerprint density at radius 2 is 2.23 bits per heavy atom. The fourth-order valence-electron chi connectivity index (χ4n) is 1.29. The van der Waals surface area contributed by atoms with Gasteiger partial charge in [0.25, 0.3) is 5.56 Å². The number of hydrogen-bond donors (Lipinski definition) is 1. The lowest BCUT2D eigenvalue weighted by Gasteiger charge is -2.03. The summed E-state index contributed by atoms with van der Waals surface area (Å²) in [5.74, 6) is 1.53. The number of aromatic nitrogens is 2. The number of thioether (sulfide) groups is 1. The molecule has 0 radical (unpaired) electrons. The predicted octanol–water partition coefficient (Wildman–Crippen LogP) is 1.50. The first-order valence-electron chi connectivity index (χ1n) is 4.26. The molecule has 72 valence electrons. The van der Waals surface area contributed by atoms with Crippen molar-refractivity contribution in [1.29, 1.82) is 0 Å². The van der Waals surface area contributed by atoms with Gasteiger partial charge < -0.3 is 4.98 Å². The van der Waals surface area contributed by atoms with E-state index in [1.165, 1.54) is 0 Å². The minimum atomic E-state index is 0.0130. The standard InChI is InChI=1S/C9H14N2OS/c1-4-7-6(2)10-8(5-13-3)11-9(7)12/h4-5H2,1-3H3,(H,10,11,12). The highest BCUT2D eigenvalue weighted by Gasteiger charge is 2.04. The van der Waals surface area contributed by atoms with Crippen molar-refractivity contribution in [3.63, 3.8) is 0 Å². The molecule has 0 aliphatic carbocycles. The maximum atomic E-state index is 11.5. The first-order valence-corrected chi connectivity index (χ1v) is 5.66. The Hall–Kier alpha value is -0.770. The van der Waals surface area contributed by atoms with E-state index in [9.17, 15) is 4.79 Å². The van der Waals surface area contributed by atoms with Crippen molar-refractivity contribution in [1.82, 2.24) is 9.97 Å². The molecule has 4 heteroatoms. The van der Waals surface area contributed by atoms with Crippen LogP contribution in [0.15, 0.2) is 4.79 Å². The maximum Gasteiger partial charge on any atom is 0.254 e. The summed E-state index contributed by atoms with van der Waals surface area (Å²) < 4.78 is 0. The summed E-state index contributed by atoms with van der Waals surface area (Å²) in [5, 5.41) is 0. The van der Waals surface area contributed by atoms with Crippen LogP contribution in [0, 0.1) is 6.92 Å². The van der Waals surface area contributed by atoms with Crippen molar-refractivity contribution in [3.05, 3.63) is 27.4 Å². The van der Waals surface area contributed by atoms with Crippen molar-refractivity contribution in [2.24, 2.45) is 0 Å². The monoisotopic (exact) mass is 198 g/mol. The van der Waals surface area contributed by atoms with Gasteiger partial charge in [-0.3, -0.25) is 4.79 Å². The Morgan fingerprint density at radius 3 is 2.69 bits per heavy atom. The summed E-state index contributed by atoms with van der Waals surface area (Å²) >= 11 is 1.65. The third kappa shape index (κ3) is 2.34. The Balaban J connectivity index is 3.13. The molecule has 1 N–H and O–H groups in total. The largest absolute Gasteiger partial charge is 0.310 e. The van der Waals surface area contributed by atoms with Gasteiger partial charge in [-0.2, -0.15) is 11.8 Å². The molecule has 1 heterocycles. The number of rotatable bonds is 3. The number of hydrogen-bond acceptors (Lipinski definition) is 3. The highest BCUT2D eigenvalue weighted by atomic mass is 32.2. The van der Waals surface area contributed by atoms with Crippen LogP contribution >= 0.6 is 11.8 Å². The zero-order valence-electron chi connectivity index (χ0n) is 8.18. The van der Waals surface area contributed by atoms with Gasteiger partial charge in [-0.1, -0.05) is 6.92 Å². The summed E-state index contributed by atoms with van der Waals surface area (Å²) in [5.41, 5.74) is 1.67. The molecule has 0 bridgehead atoms. The Labute approximate surface area is 82.0 Å². The lowest BCUT2D eigenvalue weighted by atomic mass is 10.2. The molecule has 13 heavy (non-hydrogen) atoms. The van der Waals surface area contributed by atoms with E-state index in [1.54, 1.807) is 11.8 Å². The lowest BCUT2D eigenvalue weighted by Crippen LogP contribution is -2.17. The van der Waals surface area contributed by atoms with Gasteiger partial charge in [0.2, 0.25) is 0 Å². The van der Waals surface area contributed by atoms with Gasteiger partial charge in [0.05, 0.1) is 5.75 Å². The fraction of sp³-hybridized carbons (Fsp3) is 0.556. The van der Waals surface area contributed by atoms with E-state index in [-0.39, 0.29) is 5.56 Å². The first-order chi connectivity index (χ1) is 6.19. The summed E-state index contributed by atoms with van der Waals surface area (Å²) in [6, 6.07) is 0. The second kappa shape index (κ2) is 4.46. The lowest BCUT2D eigenvalue weighted by molar-refractivity contribution is 0.908. The van der Waals surface area contributed by atoms with Gasteiger partial charge >= 0.3 is 0 Å². The van der Waals surface area contributed by atoms with E-state index >= 15 is 0 Å². The van der Waals surface area contributed by atoms with E-state index < -0.39 is 0 Å². The van der Waals surface area contributed by atoms with Crippen LogP contribution < -0.4 is 5.56 Å². The topological polar surface area (TPSA) is 45.8 Å². The molecule has 0 amide bonds. The molecule has 1 aromatic heterocycles. The predicted molar refractivity (Wildman–Crippen MR) is 56.2 cm³/mol. The normalized spacial score (nSPS) is 10.4. The average molecular weight is 198 g/mol. The quantitative estimate of drug-likeness (QED) is 0.800. The van der Waals surface area contributed by atoms with Gasteiger partial charge in [0, 0.05) is 11.3 Å². The van der Waals surface area contributed by atoms with Crippen LogP contribution in [0.25, 0.3) is 0 Å². The average Bonchev–Trinajstić information content (AvgIpc) is 2.04. The molecule has 0 aromatic carbocycles. The molecule has 0 atom stereocenters. The van der Waals surface area contributed by atoms with Gasteiger partial charge in [0.1, 0.15) is 5.82 Å². The number of aryl methyl sites for hydroxylation is 1. The number of aromatic amines is 1. The van der Waals surface area contributed by atoms with Gasteiger partial charge in [0.15, 0.2) is 0 Å². The van der Waals surface area contributed by atoms with Gasteiger partial charge in [-0.05, 0) is 19.6 Å².